The number of likely N-dealkylation sites (tertiary alicyclic amines) is 1. The fourth-order valence-electron chi connectivity index (χ4n) is 2.27. The Morgan fingerprint density at radius 1 is 1.47 bits per heavy atom. The lowest BCUT2D eigenvalue weighted by Gasteiger charge is -2.35. The van der Waals surface area contributed by atoms with E-state index in [0.29, 0.717) is 0 Å². The lowest BCUT2D eigenvalue weighted by Crippen LogP contribution is -2.50. The normalized spacial score (nSPS) is 32.7. The topological polar surface area (TPSA) is 55.6 Å². The number of carbonyl (C=O) groups is 1. The van der Waals surface area contributed by atoms with Crippen LogP contribution in [0.15, 0.2) is 0 Å². The van der Waals surface area contributed by atoms with Crippen LogP contribution in [0.2, 0.25) is 0 Å². The highest BCUT2D eigenvalue weighted by Crippen LogP contribution is 2.31. The number of hydrogen-bond donors (Lipinski definition) is 1. The summed E-state index contributed by atoms with van der Waals surface area (Å²) < 4.78 is 4.78. The molecule has 2 rings (SSSR count). The van der Waals surface area contributed by atoms with Crippen molar-refractivity contribution in [1.82, 2.24) is 4.90 Å². The molecule has 0 aromatic rings. The van der Waals surface area contributed by atoms with E-state index in [1.54, 1.807) is 0 Å². The second-order valence-corrected chi connectivity index (χ2v) is 4.79. The number of ether oxygens (including phenoxy) is 1. The van der Waals surface area contributed by atoms with Crippen molar-refractivity contribution in [3.05, 3.63) is 0 Å². The average molecular weight is 212 g/mol. The van der Waals surface area contributed by atoms with Crippen molar-refractivity contribution < 1.29 is 9.53 Å². The van der Waals surface area contributed by atoms with Gasteiger partial charge in [-0.1, -0.05) is 0 Å². The third kappa shape index (κ3) is 2.69. The van der Waals surface area contributed by atoms with Crippen LogP contribution in [0, 0.1) is 11.8 Å². The molecule has 86 valence electrons. The van der Waals surface area contributed by atoms with Crippen molar-refractivity contribution in [2.45, 2.75) is 25.3 Å². The molecule has 15 heavy (non-hydrogen) atoms. The average Bonchev–Trinajstić information content (AvgIpc) is 3.04. The number of carbonyl (C=O) groups excluding carboxylic acids is 1. The fourth-order valence-corrected chi connectivity index (χ4v) is 2.27. The SMILES string of the molecule is COC(=O)C1CN(CC2CC2)CCC1N. The number of piperidine rings is 1. The quantitative estimate of drug-likeness (QED) is 0.680. The van der Waals surface area contributed by atoms with Crippen LogP contribution in [0.4, 0.5) is 0 Å². The summed E-state index contributed by atoms with van der Waals surface area (Å²) in [6.07, 6.45) is 3.61. The Hall–Kier alpha value is -0.610. The maximum Gasteiger partial charge on any atom is 0.311 e. The number of hydrogen-bond acceptors (Lipinski definition) is 4. The fraction of sp³-hybridized carbons (Fsp3) is 0.909. The zero-order valence-electron chi connectivity index (χ0n) is 9.32. The molecule has 1 heterocycles. The lowest BCUT2D eigenvalue weighted by atomic mass is 9.93. The van der Waals surface area contributed by atoms with Gasteiger partial charge in [-0.2, -0.15) is 0 Å². The summed E-state index contributed by atoms with van der Waals surface area (Å²) in [6, 6.07) is -0.0205. The molecule has 0 spiro atoms. The van der Waals surface area contributed by atoms with Gasteiger partial charge in [0.15, 0.2) is 0 Å². The van der Waals surface area contributed by atoms with Gasteiger partial charge in [-0.3, -0.25) is 4.79 Å². The molecule has 0 aromatic carbocycles. The molecule has 1 aliphatic carbocycles. The number of rotatable bonds is 3. The van der Waals surface area contributed by atoms with Gasteiger partial charge in [0.25, 0.3) is 0 Å². The van der Waals surface area contributed by atoms with Crippen LogP contribution in [-0.4, -0.2) is 43.7 Å². The predicted molar refractivity (Wildman–Crippen MR) is 57.3 cm³/mol. The van der Waals surface area contributed by atoms with Gasteiger partial charge < -0.3 is 15.4 Å². The van der Waals surface area contributed by atoms with Crippen molar-refractivity contribution in [3.8, 4) is 0 Å². The molecule has 4 heteroatoms. The van der Waals surface area contributed by atoms with E-state index in [-0.39, 0.29) is 17.9 Å². The van der Waals surface area contributed by atoms with E-state index in [2.05, 4.69) is 4.90 Å². The van der Waals surface area contributed by atoms with Gasteiger partial charge in [-0.05, 0) is 31.7 Å². The maximum absolute atomic E-state index is 11.5. The van der Waals surface area contributed by atoms with Gasteiger partial charge in [-0.25, -0.2) is 0 Å². The van der Waals surface area contributed by atoms with Crippen LogP contribution in [0.5, 0.6) is 0 Å². The van der Waals surface area contributed by atoms with Crippen LogP contribution >= 0.6 is 0 Å². The molecule has 0 amide bonds. The molecular formula is C11H20N2O2. The Balaban J connectivity index is 1.87. The molecule has 2 unspecified atom stereocenters. The zero-order chi connectivity index (χ0) is 10.8. The Morgan fingerprint density at radius 3 is 2.80 bits per heavy atom. The number of nitrogens with two attached hydrogens (primary N) is 1. The standard InChI is InChI=1S/C11H20N2O2/c1-15-11(14)9-7-13(5-4-10(9)12)6-8-2-3-8/h8-10H,2-7,12H2,1H3. The summed E-state index contributed by atoms with van der Waals surface area (Å²) in [6.45, 7) is 2.95. The van der Waals surface area contributed by atoms with E-state index in [0.717, 1.165) is 32.0 Å². The highest BCUT2D eigenvalue weighted by Gasteiger charge is 2.34. The largest absolute Gasteiger partial charge is 0.469 e. The second kappa shape index (κ2) is 4.49. The Kier molecular flexibility index (Phi) is 3.26. The highest BCUT2D eigenvalue weighted by molar-refractivity contribution is 5.73. The summed E-state index contributed by atoms with van der Waals surface area (Å²) in [5.74, 6) is 0.600. The molecule has 2 aliphatic rings. The van der Waals surface area contributed by atoms with Crippen molar-refractivity contribution in [3.63, 3.8) is 0 Å². The van der Waals surface area contributed by atoms with Crippen LogP contribution in [-0.2, 0) is 9.53 Å². The first-order chi connectivity index (χ1) is 7.20. The molecule has 2 N–H and O–H groups in total. The Morgan fingerprint density at radius 2 is 2.20 bits per heavy atom. The highest BCUT2D eigenvalue weighted by atomic mass is 16.5. The Labute approximate surface area is 90.8 Å². The van der Waals surface area contributed by atoms with Gasteiger partial charge in [0.2, 0.25) is 0 Å². The summed E-state index contributed by atoms with van der Waals surface area (Å²) in [7, 11) is 1.44. The minimum Gasteiger partial charge on any atom is -0.469 e. The van der Waals surface area contributed by atoms with Crippen LogP contribution in [0.3, 0.4) is 0 Å². The predicted octanol–water partition coefficient (Wildman–Crippen LogP) is 0.219. The first-order valence-electron chi connectivity index (χ1n) is 5.76. The minimum atomic E-state index is -0.150. The van der Waals surface area contributed by atoms with Gasteiger partial charge >= 0.3 is 5.97 Å². The molecule has 0 radical (unpaired) electrons. The van der Waals surface area contributed by atoms with Crippen molar-refractivity contribution in [2.75, 3.05) is 26.7 Å². The first-order valence-corrected chi connectivity index (χ1v) is 5.76. The van der Waals surface area contributed by atoms with Gasteiger partial charge in [0.05, 0.1) is 13.0 Å². The van der Waals surface area contributed by atoms with E-state index < -0.39 is 0 Å². The second-order valence-electron chi connectivity index (χ2n) is 4.79. The van der Waals surface area contributed by atoms with Crippen LogP contribution in [0.1, 0.15) is 19.3 Å². The molecule has 2 fully saturated rings. The van der Waals surface area contributed by atoms with E-state index >= 15 is 0 Å². The molecule has 1 saturated carbocycles. The molecule has 4 nitrogen and oxygen atoms in total. The van der Waals surface area contributed by atoms with Gasteiger partial charge in [0, 0.05) is 19.1 Å². The monoisotopic (exact) mass is 212 g/mol. The third-order valence-corrected chi connectivity index (χ3v) is 3.47. The Bertz CT molecular complexity index is 241. The maximum atomic E-state index is 11.5. The van der Waals surface area contributed by atoms with E-state index in [1.807, 2.05) is 0 Å². The number of nitrogens with zero attached hydrogens (tertiary/aromatic N) is 1. The molecule has 1 saturated heterocycles. The summed E-state index contributed by atoms with van der Waals surface area (Å²) in [4.78, 5) is 13.9. The smallest absolute Gasteiger partial charge is 0.311 e. The van der Waals surface area contributed by atoms with Gasteiger partial charge in [-0.15, -0.1) is 0 Å². The summed E-state index contributed by atoms with van der Waals surface area (Å²) >= 11 is 0. The molecule has 0 aromatic heterocycles. The first kappa shape index (κ1) is 10.9. The van der Waals surface area contributed by atoms with Crippen LogP contribution in [0.25, 0.3) is 0 Å². The number of esters is 1. The molecule has 1 aliphatic heterocycles. The van der Waals surface area contributed by atoms with Crippen molar-refractivity contribution >= 4 is 5.97 Å². The van der Waals surface area contributed by atoms with E-state index in [4.69, 9.17) is 10.5 Å². The molecule has 0 bridgehead atoms. The molecular weight excluding hydrogens is 192 g/mol. The zero-order valence-corrected chi connectivity index (χ0v) is 9.32. The van der Waals surface area contributed by atoms with Crippen molar-refractivity contribution in [1.29, 1.82) is 0 Å². The third-order valence-electron chi connectivity index (χ3n) is 3.47. The summed E-state index contributed by atoms with van der Waals surface area (Å²) in [5.41, 5.74) is 5.94. The summed E-state index contributed by atoms with van der Waals surface area (Å²) in [5, 5.41) is 0. The van der Waals surface area contributed by atoms with Gasteiger partial charge in [0.1, 0.15) is 0 Å². The minimum absolute atomic E-state index is 0.0205. The molecule has 2 atom stereocenters. The van der Waals surface area contributed by atoms with E-state index in [1.165, 1.54) is 20.0 Å². The van der Waals surface area contributed by atoms with Crippen LogP contribution < -0.4 is 5.73 Å². The lowest BCUT2D eigenvalue weighted by molar-refractivity contribution is -0.148. The van der Waals surface area contributed by atoms with E-state index in [9.17, 15) is 4.79 Å². The number of methoxy groups -OCH3 is 1. The van der Waals surface area contributed by atoms with Crippen molar-refractivity contribution in [2.24, 2.45) is 17.6 Å².